The van der Waals surface area contributed by atoms with Crippen molar-refractivity contribution in [2.75, 3.05) is 25.0 Å². The summed E-state index contributed by atoms with van der Waals surface area (Å²) in [5.41, 5.74) is 1.69. The van der Waals surface area contributed by atoms with E-state index < -0.39 is 0 Å². The first-order valence-electron chi connectivity index (χ1n) is 11.8. The molecule has 0 aliphatic carbocycles. The van der Waals surface area contributed by atoms with Gasteiger partial charge in [0.15, 0.2) is 5.82 Å². The van der Waals surface area contributed by atoms with Crippen molar-refractivity contribution in [3.8, 4) is 0 Å². The molecule has 0 saturated carbocycles. The van der Waals surface area contributed by atoms with Crippen molar-refractivity contribution < 1.29 is 14.4 Å². The zero-order chi connectivity index (χ0) is 23.2. The molecule has 1 aromatic carbocycles. The molecule has 2 aliphatic heterocycles. The molecular weight excluding hydrogens is 418 g/mol. The molecule has 2 saturated heterocycles. The maximum absolute atomic E-state index is 13.2. The summed E-state index contributed by atoms with van der Waals surface area (Å²) in [7, 11) is 0. The van der Waals surface area contributed by atoms with Gasteiger partial charge in [-0.05, 0) is 51.2 Å². The molecule has 3 amide bonds. The van der Waals surface area contributed by atoms with Crippen LogP contribution in [0.4, 0.5) is 5.69 Å². The van der Waals surface area contributed by atoms with E-state index in [1.54, 1.807) is 18.0 Å². The highest BCUT2D eigenvalue weighted by Gasteiger charge is 2.32. The van der Waals surface area contributed by atoms with Crippen LogP contribution in [0, 0.1) is 6.92 Å². The fourth-order valence-electron chi connectivity index (χ4n) is 4.55. The van der Waals surface area contributed by atoms with Crippen molar-refractivity contribution in [3.05, 3.63) is 53.6 Å². The van der Waals surface area contributed by atoms with Gasteiger partial charge >= 0.3 is 0 Å². The molecule has 2 fully saturated rings. The molecule has 2 aromatic rings. The second-order valence-electron chi connectivity index (χ2n) is 8.77. The zero-order valence-electron chi connectivity index (χ0n) is 19.1. The SMILES string of the molecule is Cc1nc(C2CCCCN2C(=O)CN2CCCCCC2=O)ncc1C(=O)Nc1ccccc1. The maximum Gasteiger partial charge on any atom is 0.259 e. The number of carbonyl (C=O) groups excluding carboxylic acids is 3. The van der Waals surface area contributed by atoms with Gasteiger partial charge in [0, 0.05) is 31.4 Å². The predicted octanol–water partition coefficient (Wildman–Crippen LogP) is 3.49. The van der Waals surface area contributed by atoms with Crippen molar-refractivity contribution in [1.29, 1.82) is 0 Å². The second kappa shape index (κ2) is 10.6. The number of piperidine rings is 1. The second-order valence-corrected chi connectivity index (χ2v) is 8.77. The number of nitrogens with zero attached hydrogens (tertiary/aromatic N) is 4. The Morgan fingerprint density at radius 1 is 1.06 bits per heavy atom. The van der Waals surface area contributed by atoms with Gasteiger partial charge in [-0.15, -0.1) is 0 Å². The van der Waals surface area contributed by atoms with E-state index >= 15 is 0 Å². The van der Waals surface area contributed by atoms with Crippen molar-refractivity contribution >= 4 is 23.4 Å². The molecule has 33 heavy (non-hydrogen) atoms. The van der Waals surface area contributed by atoms with Crippen LogP contribution in [0.15, 0.2) is 36.5 Å². The lowest BCUT2D eigenvalue weighted by Crippen LogP contribution is -2.46. The number of rotatable bonds is 5. The van der Waals surface area contributed by atoms with Crippen LogP contribution < -0.4 is 5.32 Å². The Balaban J connectivity index is 1.48. The number of hydrogen-bond acceptors (Lipinski definition) is 5. The van der Waals surface area contributed by atoms with Crippen molar-refractivity contribution in [1.82, 2.24) is 19.8 Å². The average Bonchev–Trinajstić information content (AvgIpc) is 3.03. The van der Waals surface area contributed by atoms with Crippen LogP contribution in [0.25, 0.3) is 0 Å². The van der Waals surface area contributed by atoms with Gasteiger partial charge in [0.25, 0.3) is 5.91 Å². The van der Waals surface area contributed by atoms with Crippen molar-refractivity contribution in [2.45, 2.75) is 57.9 Å². The van der Waals surface area contributed by atoms with Gasteiger partial charge in [0.1, 0.15) is 0 Å². The molecule has 1 unspecified atom stereocenters. The summed E-state index contributed by atoms with van der Waals surface area (Å²) in [4.78, 5) is 50.8. The average molecular weight is 450 g/mol. The Hall–Kier alpha value is -3.29. The highest BCUT2D eigenvalue weighted by Crippen LogP contribution is 2.29. The van der Waals surface area contributed by atoms with Gasteiger partial charge in [-0.3, -0.25) is 14.4 Å². The van der Waals surface area contributed by atoms with E-state index in [2.05, 4.69) is 15.3 Å². The molecule has 0 spiro atoms. The first-order chi connectivity index (χ1) is 16.0. The molecule has 1 aromatic heterocycles. The lowest BCUT2D eigenvalue weighted by Gasteiger charge is -2.36. The van der Waals surface area contributed by atoms with Gasteiger partial charge < -0.3 is 15.1 Å². The summed E-state index contributed by atoms with van der Waals surface area (Å²) in [5, 5.41) is 2.86. The van der Waals surface area contributed by atoms with Crippen molar-refractivity contribution in [2.24, 2.45) is 0 Å². The van der Waals surface area contributed by atoms with E-state index in [4.69, 9.17) is 0 Å². The molecule has 0 bridgehead atoms. The van der Waals surface area contributed by atoms with Crippen LogP contribution in [-0.4, -0.2) is 57.1 Å². The Kier molecular flexibility index (Phi) is 7.32. The van der Waals surface area contributed by atoms with E-state index in [9.17, 15) is 14.4 Å². The third kappa shape index (κ3) is 5.56. The molecule has 8 heteroatoms. The lowest BCUT2D eigenvalue weighted by atomic mass is 10.0. The number of carbonyl (C=O) groups is 3. The minimum Gasteiger partial charge on any atom is -0.333 e. The summed E-state index contributed by atoms with van der Waals surface area (Å²) in [6.45, 7) is 3.18. The first-order valence-corrected chi connectivity index (χ1v) is 11.8. The molecule has 2 aliphatic rings. The normalized spacial score (nSPS) is 19.2. The molecule has 1 N–H and O–H groups in total. The van der Waals surface area contributed by atoms with Crippen LogP contribution in [0.1, 0.15) is 72.9 Å². The van der Waals surface area contributed by atoms with E-state index in [0.29, 0.717) is 42.3 Å². The van der Waals surface area contributed by atoms with E-state index in [-0.39, 0.29) is 30.3 Å². The van der Waals surface area contributed by atoms with Crippen LogP contribution in [0.5, 0.6) is 0 Å². The summed E-state index contributed by atoms with van der Waals surface area (Å²) < 4.78 is 0. The fraction of sp³-hybridized carbons (Fsp3) is 0.480. The first kappa shape index (κ1) is 22.9. The highest BCUT2D eigenvalue weighted by atomic mass is 16.2. The number of nitrogens with one attached hydrogen (secondary N) is 1. The van der Waals surface area contributed by atoms with Gasteiger partial charge in [-0.2, -0.15) is 0 Å². The zero-order valence-corrected chi connectivity index (χ0v) is 19.1. The topological polar surface area (TPSA) is 95.5 Å². The summed E-state index contributed by atoms with van der Waals surface area (Å²) in [6, 6.07) is 9.01. The van der Waals surface area contributed by atoms with Crippen LogP contribution in [0.2, 0.25) is 0 Å². The monoisotopic (exact) mass is 449 g/mol. The molecule has 4 rings (SSSR count). The number of benzene rings is 1. The molecule has 8 nitrogen and oxygen atoms in total. The summed E-state index contributed by atoms with van der Waals surface area (Å²) >= 11 is 0. The smallest absolute Gasteiger partial charge is 0.259 e. The van der Waals surface area contributed by atoms with Crippen LogP contribution in [0.3, 0.4) is 0 Å². The number of aromatic nitrogens is 2. The number of para-hydroxylation sites is 1. The molecule has 1 atom stereocenters. The number of hydrogen-bond donors (Lipinski definition) is 1. The van der Waals surface area contributed by atoms with E-state index in [0.717, 1.165) is 38.5 Å². The predicted molar refractivity (Wildman–Crippen MR) is 125 cm³/mol. The maximum atomic E-state index is 13.2. The number of amides is 3. The molecule has 0 radical (unpaired) electrons. The van der Waals surface area contributed by atoms with E-state index in [1.807, 2.05) is 35.2 Å². The largest absolute Gasteiger partial charge is 0.333 e. The molecule has 174 valence electrons. The van der Waals surface area contributed by atoms with E-state index in [1.165, 1.54) is 0 Å². The quantitative estimate of drug-likeness (QED) is 0.754. The van der Waals surface area contributed by atoms with Crippen LogP contribution in [-0.2, 0) is 9.59 Å². The Morgan fingerprint density at radius 2 is 1.85 bits per heavy atom. The lowest BCUT2D eigenvalue weighted by molar-refractivity contribution is -0.142. The third-order valence-corrected chi connectivity index (χ3v) is 6.39. The Labute approximate surface area is 194 Å². The van der Waals surface area contributed by atoms with Crippen LogP contribution >= 0.6 is 0 Å². The van der Waals surface area contributed by atoms with Gasteiger partial charge in [0.05, 0.1) is 23.8 Å². The Bertz CT molecular complexity index is 1010. The molecular formula is C25H31N5O3. The standard InChI is InChI=1S/C25H31N5O3/c1-18-20(25(33)28-19-10-4-2-5-11-19)16-26-24(27-18)21-12-7-9-15-30(21)23(32)17-29-14-8-3-6-13-22(29)31/h2,4-5,10-11,16,21H,3,6-9,12-15,17H2,1H3,(H,28,33). The third-order valence-electron chi connectivity index (χ3n) is 6.39. The minimum absolute atomic E-state index is 0.0536. The number of likely N-dealkylation sites (tertiary alicyclic amines) is 2. The van der Waals surface area contributed by atoms with Gasteiger partial charge in [-0.1, -0.05) is 24.6 Å². The fourth-order valence-corrected chi connectivity index (χ4v) is 4.55. The summed E-state index contributed by atoms with van der Waals surface area (Å²) in [6.07, 6.45) is 7.61. The number of aryl methyl sites for hydroxylation is 1. The van der Waals surface area contributed by atoms with Gasteiger partial charge in [0.2, 0.25) is 11.8 Å². The summed E-state index contributed by atoms with van der Waals surface area (Å²) in [5.74, 6) is 0.304. The van der Waals surface area contributed by atoms with Crippen molar-refractivity contribution in [3.63, 3.8) is 0 Å². The Morgan fingerprint density at radius 3 is 2.64 bits per heavy atom. The highest BCUT2D eigenvalue weighted by molar-refractivity contribution is 6.04. The minimum atomic E-state index is -0.262. The molecule has 3 heterocycles. The number of anilines is 1. The van der Waals surface area contributed by atoms with Gasteiger partial charge in [-0.25, -0.2) is 9.97 Å².